The van der Waals surface area contributed by atoms with Crippen LogP contribution in [0.15, 0.2) is 47.3 Å². The predicted molar refractivity (Wildman–Crippen MR) is 104 cm³/mol. The van der Waals surface area contributed by atoms with Crippen LogP contribution in [0.4, 0.5) is 13.2 Å². The zero-order valence-corrected chi connectivity index (χ0v) is 16.3. The van der Waals surface area contributed by atoms with Gasteiger partial charge in [0, 0.05) is 19.6 Å². The molecule has 2 aromatic carbocycles. The average Bonchev–Trinajstić information content (AvgIpc) is 2.65. The molecule has 0 unspecified atom stereocenters. The summed E-state index contributed by atoms with van der Waals surface area (Å²) >= 11 is 0. The summed E-state index contributed by atoms with van der Waals surface area (Å²) in [5, 5.41) is 0. The number of nitrogens with zero attached hydrogens (tertiary/aromatic N) is 2. The Morgan fingerprint density at radius 1 is 1.10 bits per heavy atom. The molecule has 0 saturated heterocycles. The Morgan fingerprint density at radius 3 is 2.48 bits per heavy atom. The highest BCUT2D eigenvalue weighted by Gasteiger charge is 2.31. The summed E-state index contributed by atoms with van der Waals surface area (Å²) < 4.78 is 48.3. The minimum absolute atomic E-state index is 0.0448. The van der Waals surface area contributed by atoms with Gasteiger partial charge in [0.2, 0.25) is 0 Å². The molecule has 0 aliphatic heterocycles. The van der Waals surface area contributed by atoms with Crippen molar-refractivity contribution in [3.8, 4) is 16.9 Å². The Morgan fingerprint density at radius 2 is 1.83 bits per heavy atom. The lowest BCUT2D eigenvalue weighted by molar-refractivity contribution is -0.274. The Bertz CT molecular complexity index is 1070. The summed E-state index contributed by atoms with van der Waals surface area (Å²) in [4.78, 5) is 17.4. The monoisotopic (exact) mass is 406 g/mol. The van der Waals surface area contributed by atoms with E-state index in [0.717, 1.165) is 0 Å². The molecule has 0 aliphatic rings. The smallest absolute Gasteiger partial charge is 0.406 e. The van der Waals surface area contributed by atoms with Gasteiger partial charge in [-0.25, -0.2) is 4.98 Å². The Labute approximate surface area is 165 Å². The zero-order valence-electron chi connectivity index (χ0n) is 16.3. The second kappa shape index (κ2) is 8.24. The van der Waals surface area contributed by atoms with Crippen LogP contribution >= 0.6 is 0 Å². The van der Waals surface area contributed by atoms with Gasteiger partial charge in [0.25, 0.3) is 5.56 Å². The van der Waals surface area contributed by atoms with Gasteiger partial charge in [-0.1, -0.05) is 32.0 Å². The number of benzene rings is 2. The van der Waals surface area contributed by atoms with Gasteiger partial charge in [0.1, 0.15) is 11.4 Å². The Kier molecular flexibility index (Phi) is 5.93. The zero-order chi connectivity index (χ0) is 21.2. The van der Waals surface area contributed by atoms with Gasteiger partial charge in [-0.2, -0.15) is 0 Å². The fourth-order valence-corrected chi connectivity index (χ4v) is 3.09. The van der Waals surface area contributed by atoms with Crippen LogP contribution in [0.3, 0.4) is 0 Å². The molecule has 0 aliphatic carbocycles. The molecule has 1 heterocycles. The van der Waals surface area contributed by atoms with Gasteiger partial charge in [-0.15, -0.1) is 13.2 Å². The van der Waals surface area contributed by atoms with Crippen molar-refractivity contribution in [1.29, 1.82) is 0 Å². The summed E-state index contributed by atoms with van der Waals surface area (Å²) in [6.07, 6.45) is -4.76. The largest absolute Gasteiger partial charge is 0.573 e. The van der Waals surface area contributed by atoms with Crippen LogP contribution in [0.5, 0.6) is 5.75 Å². The molecule has 0 spiro atoms. The molecule has 0 saturated carbocycles. The Hall–Kier alpha value is -2.87. The molecule has 3 rings (SSSR count). The van der Waals surface area contributed by atoms with E-state index in [0.29, 0.717) is 41.0 Å². The highest BCUT2D eigenvalue weighted by molar-refractivity contribution is 5.82. The Balaban J connectivity index is 2.13. The first-order valence-corrected chi connectivity index (χ1v) is 9.09. The molecule has 8 heteroatoms. The number of ether oxygens (including phenoxy) is 2. The number of fused-ring (bicyclic) bond motifs is 1. The predicted octanol–water partition coefficient (Wildman–Crippen LogP) is 4.73. The summed E-state index contributed by atoms with van der Waals surface area (Å²) in [7, 11) is 1.55. The number of hydrogen-bond donors (Lipinski definition) is 0. The summed E-state index contributed by atoms with van der Waals surface area (Å²) in [5.74, 6) is -0.350. The van der Waals surface area contributed by atoms with Crippen molar-refractivity contribution in [1.82, 2.24) is 9.55 Å². The van der Waals surface area contributed by atoms with E-state index in [1.54, 1.807) is 35.9 Å². The molecule has 5 nitrogen and oxygen atoms in total. The number of alkyl halides is 3. The van der Waals surface area contributed by atoms with E-state index in [2.05, 4.69) is 9.72 Å². The number of hydrogen-bond acceptors (Lipinski definition) is 4. The summed E-state index contributed by atoms with van der Waals surface area (Å²) in [5.41, 5.74) is 2.67. The summed E-state index contributed by atoms with van der Waals surface area (Å²) in [6, 6.07) is 11.0. The van der Waals surface area contributed by atoms with Gasteiger partial charge in [-0.3, -0.25) is 4.79 Å². The van der Waals surface area contributed by atoms with Crippen molar-refractivity contribution in [2.45, 2.75) is 32.7 Å². The first-order chi connectivity index (χ1) is 13.7. The third-order valence-corrected chi connectivity index (χ3v) is 4.44. The van der Waals surface area contributed by atoms with E-state index < -0.39 is 6.36 Å². The molecule has 0 radical (unpaired) electrons. The fourth-order valence-electron chi connectivity index (χ4n) is 3.09. The van der Waals surface area contributed by atoms with Crippen molar-refractivity contribution in [2.75, 3.05) is 13.7 Å². The lowest BCUT2D eigenvalue weighted by atomic mass is 10.0. The van der Waals surface area contributed by atoms with Crippen LogP contribution in [-0.2, 0) is 11.3 Å². The summed E-state index contributed by atoms with van der Waals surface area (Å²) in [6.45, 7) is 4.48. The molecular formula is C21H21F3N2O3. The van der Waals surface area contributed by atoms with E-state index in [1.807, 2.05) is 13.8 Å². The quantitative estimate of drug-likeness (QED) is 0.594. The third-order valence-electron chi connectivity index (χ3n) is 4.44. The molecule has 3 aromatic rings. The van der Waals surface area contributed by atoms with Crippen molar-refractivity contribution in [2.24, 2.45) is 0 Å². The number of halogens is 3. The first-order valence-electron chi connectivity index (χ1n) is 9.09. The third kappa shape index (κ3) is 4.76. The van der Waals surface area contributed by atoms with E-state index in [4.69, 9.17) is 4.74 Å². The lowest BCUT2D eigenvalue weighted by Crippen LogP contribution is -2.28. The highest BCUT2D eigenvalue weighted by atomic mass is 19.4. The van der Waals surface area contributed by atoms with Gasteiger partial charge in [0.15, 0.2) is 0 Å². The fraction of sp³-hybridized carbons (Fsp3) is 0.333. The van der Waals surface area contributed by atoms with E-state index in [-0.39, 0.29) is 17.2 Å². The molecule has 154 valence electrons. The molecule has 0 atom stereocenters. The van der Waals surface area contributed by atoms with Crippen LogP contribution in [0, 0.1) is 0 Å². The molecule has 0 amide bonds. The normalized spacial score (nSPS) is 12.0. The topological polar surface area (TPSA) is 53.4 Å². The van der Waals surface area contributed by atoms with Crippen molar-refractivity contribution >= 4 is 11.0 Å². The maximum absolute atomic E-state index is 12.9. The standard InChI is InChI=1S/C21H21F3N2O3/c1-13(2)19-20(27)26(9-10-28-3)18-12-15(7-8-17(18)25-19)14-5-4-6-16(11-14)29-21(22,23)24/h4-8,11-13H,9-10H2,1-3H3. The van der Waals surface area contributed by atoms with Gasteiger partial charge >= 0.3 is 6.36 Å². The minimum atomic E-state index is -4.76. The van der Waals surface area contributed by atoms with Crippen LogP contribution in [0.25, 0.3) is 22.2 Å². The molecular weight excluding hydrogens is 385 g/mol. The second-order valence-corrected chi connectivity index (χ2v) is 6.88. The van der Waals surface area contributed by atoms with Crippen LogP contribution in [0.1, 0.15) is 25.5 Å². The number of methoxy groups -OCH3 is 1. The maximum Gasteiger partial charge on any atom is 0.573 e. The second-order valence-electron chi connectivity index (χ2n) is 6.88. The van der Waals surface area contributed by atoms with Gasteiger partial charge in [0.05, 0.1) is 17.6 Å². The van der Waals surface area contributed by atoms with E-state index >= 15 is 0 Å². The van der Waals surface area contributed by atoms with Crippen LogP contribution in [0.2, 0.25) is 0 Å². The van der Waals surface area contributed by atoms with Crippen molar-refractivity contribution in [3.63, 3.8) is 0 Å². The van der Waals surface area contributed by atoms with Gasteiger partial charge in [-0.05, 0) is 35.4 Å². The van der Waals surface area contributed by atoms with Crippen LogP contribution in [-0.4, -0.2) is 29.6 Å². The lowest BCUT2D eigenvalue weighted by Gasteiger charge is -2.15. The first kappa shape index (κ1) is 20.9. The highest BCUT2D eigenvalue weighted by Crippen LogP contribution is 2.29. The average molecular weight is 406 g/mol. The van der Waals surface area contributed by atoms with Crippen molar-refractivity contribution < 1.29 is 22.6 Å². The molecule has 0 fully saturated rings. The number of rotatable bonds is 6. The van der Waals surface area contributed by atoms with E-state index in [1.165, 1.54) is 18.2 Å². The minimum Gasteiger partial charge on any atom is -0.406 e. The SMILES string of the molecule is COCCn1c(=O)c(C(C)C)nc2ccc(-c3cccc(OC(F)(F)F)c3)cc21. The van der Waals surface area contributed by atoms with Crippen molar-refractivity contribution in [3.05, 3.63) is 58.5 Å². The maximum atomic E-state index is 12.9. The number of aromatic nitrogens is 2. The molecule has 0 N–H and O–H groups in total. The van der Waals surface area contributed by atoms with Gasteiger partial charge < -0.3 is 14.0 Å². The van der Waals surface area contributed by atoms with Crippen LogP contribution < -0.4 is 10.3 Å². The molecule has 29 heavy (non-hydrogen) atoms. The molecule has 0 bridgehead atoms. The van der Waals surface area contributed by atoms with E-state index in [9.17, 15) is 18.0 Å². The molecule has 1 aromatic heterocycles.